The maximum Gasteiger partial charge on any atom is 0.0334 e. The molecule has 3 atom stereocenters. The van der Waals surface area contributed by atoms with Gasteiger partial charge in [-0.3, -0.25) is 0 Å². The van der Waals surface area contributed by atoms with E-state index >= 15 is 0 Å². The molecule has 0 heterocycles. The van der Waals surface area contributed by atoms with Gasteiger partial charge in [0, 0.05) is 18.1 Å². The van der Waals surface area contributed by atoms with E-state index in [1.54, 1.807) is 0 Å². The highest BCUT2D eigenvalue weighted by molar-refractivity contribution is 5.00. The molecule has 0 aliphatic heterocycles. The van der Waals surface area contributed by atoms with Gasteiger partial charge in [-0.25, -0.2) is 0 Å². The van der Waals surface area contributed by atoms with Gasteiger partial charge >= 0.3 is 0 Å². The topological polar surface area (TPSA) is 38.0 Å². The predicted molar refractivity (Wildman–Crippen MR) is 78.6 cm³/mol. The largest absolute Gasteiger partial charge is 0.329 e. The van der Waals surface area contributed by atoms with Crippen molar-refractivity contribution in [1.29, 1.82) is 0 Å². The molecule has 106 valence electrons. The molecular weight excluding hydrogens is 220 g/mol. The number of hydrogen-bond acceptors (Lipinski definition) is 2. The van der Waals surface area contributed by atoms with Crippen molar-refractivity contribution in [2.45, 2.75) is 83.2 Å². The molecule has 0 amide bonds. The molecular formula is C16H32N2. The summed E-state index contributed by atoms with van der Waals surface area (Å²) >= 11 is 0. The van der Waals surface area contributed by atoms with Crippen molar-refractivity contribution in [3.05, 3.63) is 0 Å². The first kappa shape index (κ1) is 14.3. The smallest absolute Gasteiger partial charge is 0.0334 e. The van der Waals surface area contributed by atoms with Gasteiger partial charge in [0.05, 0.1) is 0 Å². The predicted octanol–water partition coefficient (Wildman–Crippen LogP) is 3.45. The third-order valence-corrected chi connectivity index (χ3v) is 5.72. The van der Waals surface area contributed by atoms with Gasteiger partial charge in [0.1, 0.15) is 0 Å². The highest BCUT2D eigenvalue weighted by Gasteiger charge is 2.41. The third-order valence-electron chi connectivity index (χ3n) is 5.72. The Morgan fingerprint density at radius 2 is 1.67 bits per heavy atom. The summed E-state index contributed by atoms with van der Waals surface area (Å²) in [7, 11) is 0. The molecule has 3 unspecified atom stereocenters. The lowest BCUT2D eigenvalue weighted by Crippen LogP contribution is -2.61. The van der Waals surface area contributed by atoms with Gasteiger partial charge in [-0.05, 0) is 31.1 Å². The minimum Gasteiger partial charge on any atom is -0.329 e. The Bertz CT molecular complexity index is 245. The minimum absolute atomic E-state index is 0.229. The Hall–Kier alpha value is -0.0800. The third kappa shape index (κ3) is 3.08. The van der Waals surface area contributed by atoms with E-state index in [1.165, 1.54) is 57.8 Å². The second-order valence-electron chi connectivity index (χ2n) is 6.85. The minimum atomic E-state index is 0.229. The molecule has 0 radical (unpaired) electrons. The summed E-state index contributed by atoms with van der Waals surface area (Å²) in [5, 5.41) is 4.02. The Balaban J connectivity index is 2.01. The monoisotopic (exact) mass is 252 g/mol. The Labute approximate surface area is 113 Å². The van der Waals surface area contributed by atoms with Crippen molar-refractivity contribution < 1.29 is 0 Å². The van der Waals surface area contributed by atoms with Crippen LogP contribution in [0.25, 0.3) is 0 Å². The molecule has 0 aromatic heterocycles. The summed E-state index contributed by atoms with van der Waals surface area (Å²) in [6.45, 7) is 5.64. The number of rotatable bonds is 3. The summed E-state index contributed by atoms with van der Waals surface area (Å²) < 4.78 is 0. The molecule has 2 nitrogen and oxygen atoms in total. The zero-order valence-electron chi connectivity index (χ0n) is 12.4. The number of hydrogen-bond donors (Lipinski definition) is 2. The number of nitrogens with two attached hydrogens (primary N) is 1. The second-order valence-corrected chi connectivity index (χ2v) is 6.85. The van der Waals surface area contributed by atoms with Crippen LogP contribution in [0.4, 0.5) is 0 Å². The number of nitrogens with one attached hydrogen (secondary N) is 1. The molecule has 0 saturated heterocycles. The van der Waals surface area contributed by atoms with E-state index in [-0.39, 0.29) is 5.54 Å². The maximum atomic E-state index is 6.18. The molecule has 2 fully saturated rings. The lowest BCUT2D eigenvalue weighted by atomic mass is 9.68. The van der Waals surface area contributed by atoms with Crippen LogP contribution in [0.1, 0.15) is 71.6 Å². The van der Waals surface area contributed by atoms with Gasteiger partial charge in [-0.2, -0.15) is 0 Å². The Morgan fingerprint density at radius 3 is 2.28 bits per heavy atom. The van der Waals surface area contributed by atoms with Crippen LogP contribution in [0.3, 0.4) is 0 Å². The first-order valence-corrected chi connectivity index (χ1v) is 8.16. The fourth-order valence-electron chi connectivity index (χ4n) is 4.14. The lowest BCUT2D eigenvalue weighted by Gasteiger charge is -2.48. The second kappa shape index (κ2) is 6.38. The van der Waals surface area contributed by atoms with E-state index in [0.717, 1.165) is 24.4 Å². The SMILES string of the molecule is CC1CCCC(CN)(NC2CCCCCC2)C1C. The van der Waals surface area contributed by atoms with Crippen molar-refractivity contribution in [1.82, 2.24) is 5.32 Å². The van der Waals surface area contributed by atoms with Gasteiger partial charge in [0.15, 0.2) is 0 Å². The highest BCUT2D eigenvalue weighted by atomic mass is 15.0. The normalized spacial score (nSPS) is 39.5. The first-order valence-electron chi connectivity index (χ1n) is 8.16. The van der Waals surface area contributed by atoms with Gasteiger partial charge in [0.2, 0.25) is 0 Å². The van der Waals surface area contributed by atoms with E-state index in [0.29, 0.717) is 0 Å². The molecule has 2 rings (SSSR count). The van der Waals surface area contributed by atoms with Crippen LogP contribution >= 0.6 is 0 Å². The van der Waals surface area contributed by atoms with Crippen molar-refractivity contribution in [3.8, 4) is 0 Å². The molecule has 2 saturated carbocycles. The molecule has 18 heavy (non-hydrogen) atoms. The van der Waals surface area contributed by atoms with E-state index in [2.05, 4.69) is 19.2 Å². The molecule has 2 heteroatoms. The van der Waals surface area contributed by atoms with Gasteiger partial charge in [-0.1, -0.05) is 52.4 Å². The van der Waals surface area contributed by atoms with E-state index in [1.807, 2.05) is 0 Å². The summed E-state index contributed by atoms with van der Waals surface area (Å²) in [6.07, 6.45) is 12.4. The van der Waals surface area contributed by atoms with Crippen molar-refractivity contribution in [2.24, 2.45) is 17.6 Å². The molecule has 2 aliphatic carbocycles. The summed E-state index contributed by atoms with van der Waals surface area (Å²) in [5.41, 5.74) is 6.41. The zero-order valence-corrected chi connectivity index (χ0v) is 12.4. The Kier molecular flexibility index (Phi) is 5.08. The summed E-state index contributed by atoms with van der Waals surface area (Å²) in [5.74, 6) is 1.54. The fourth-order valence-corrected chi connectivity index (χ4v) is 4.14. The van der Waals surface area contributed by atoms with Crippen molar-refractivity contribution in [2.75, 3.05) is 6.54 Å². The highest BCUT2D eigenvalue weighted by Crippen LogP contribution is 2.38. The molecule has 0 aromatic rings. The van der Waals surface area contributed by atoms with Gasteiger partial charge in [-0.15, -0.1) is 0 Å². The quantitative estimate of drug-likeness (QED) is 0.755. The van der Waals surface area contributed by atoms with Crippen LogP contribution in [0.15, 0.2) is 0 Å². The molecule has 0 spiro atoms. The Morgan fingerprint density at radius 1 is 1.00 bits per heavy atom. The fraction of sp³-hybridized carbons (Fsp3) is 1.00. The summed E-state index contributed by atoms with van der Waals surface area (Å²) in [4.78, 5) is 0. The van der Waals surface area contributed by atoms with Gasteiger partial charge in [0.25, 0.3) is 0 Å². The van der Waals surface area contributed by atoms with Crippen molar-refractivity contribution in [3.63, 3.8) is 0 Å². The summed E-state index contributed by atoms with van der Waals surface area (Å²) in [6, 6.07) is 0.726. The standard InChI is InChI=1S/C16H32N2/c1-13-8-7-11-16(12-17,14(13)2)18-15-9-5-3-4-6-10-15/h13-15,18H,3-12,17H2,1-2H3. The first-order chi connectivity index (χ1) is 8.68. The van der Waals surface area contributed by atoms with E-state index in [9.17, 15) is 0 Å². The van der Waals surface area contributed by atoms with Gasteiger partial charge < -0.3 is 11.1 Å². The van der Waals surface area contributed by atoms with Crippen molar-refractivity contribution >= 4 is 0 Å². The maximum absolute atomic E-state index is 6.18. The van der Waals surface area contributed by atoms with E-state index < -0.39 is 0 Å². The van der Waals surface area contributed by atoms with Crippen LogP contribution in [-0.4, -0.2) is 18.1 Å². The van der Waals surface area contributed by atoms with E-state index in [4.69, 9.17) is 5.73 Å². The van der Waals surface area contributed by atoms with Crippen LogP contribution in [-0.2, 0) is 0 Å². The van der Waals surface area contributed by atoms with Crippen LogP contribution in [0.2, 0.25) is 0 Å². The molecule has 2 aliphatic rings. The average molecular weight is 252 g/mol. The molecule has 0 bridgehead atoms. The van der Waals surface area contributed by atoms with Crippen LogP contribution in [0.5, 0.6) is 0 Å². The average Bonchev–Trinajstić information content (AvgIpc) is 2.64. The zero-order chi connectivity index (χ0) is 13.0. The van der Waals surface area contributed by atoms with Crippen LogP contribution < -0.4 is 11.1 Å². The molecule has 0 aromatic carbocycles. The molecule has 3 N–H and O–H groups in total. The lowest BCUT2D eigenvalue weighted by molar-refractivity contribution is 0.0958. The van der Waals surface area contributed by atoms with Crippen LogP contribution in [0, 0.1) is 11.8 Å².